The second kappa shape index (κ2) is 6.93. The van der Waals surface area contributed by atoms with Crippen LogP contribution in [0.25, 0.3) is 0 Å². The highest BCUT2D eigenvalue weighted by Gasteiger charge is 2.16. The fourth-order valence-corrected chi connectivity index (χ4v) is 2.03. The zero-order valence-corrected chi connectivity index (χ0v) is 13.3. The molecule has 1 unspecified atom stereocenters. The maximum Gasteiger partial charge on any atom is 0.318 e. The van der Waals surface area contributed by atoms with Gasteiger partial charge in [0.2, 0.25) is 0 Å². The molecule has 2 aromatic rings. The zero-order valence-electron chi connectivity index (χ0n) is 13.3. The molecule has 2 amide bonds. The number of rotatable bonds is 5. The number of nitrogens with zero attached hydrogens (tertiary/aromatic N) is 3. The summed E-state index contributed by atoms with van der Waals surface area (Å²) in [4.78, 5) is 18.0. The SMILES string of the molecule is COc1cccc(CN(C)C(=O)NC(C)c2n[nH]c(C)n2)c1. The van der Waals surface area contributed by atoms with Gasteiger partial charge in [0.1, 0.15) is 11.6 Å². The van der Waals surface area contributed by atoms with Crippen LogP contribution in [0, 0.1) is 6.92 Å². The van der Waals surface area contributed by atoms with E-state index < -0.39 is 0 Å². The number of benzene rings is 1. The Hall–Kier alpha value is -2.57. The maximum atomic E-state index is 12.2. The maximum absolute atomic E-state index is 12.2. The van der Waals surface area contributed by atoms with Crippen LogP contribution in [0.1, 0.15) is 30.2 Å². The van der Waals surface area contributed by atoms with Crippen molar-refractivity contribution in [2.45, 2.75) is 26.4 Å². The van der Waals surface area contributed by atoms with Gasteiger partial charge in [0, 0.05) is 13.6 Å². The molecule has 118 valence electrons. The lowest BCUT2D eigenvalue weighted by atomic mass is 10.2. The zero-order chi connectivity index (χ0) is 16.1. The third-order valence-electron chi connectivity index (χ3n) is 3.24. The molecule has 7 heteroatoms. The molecule has 1 aromatic carbocycles. The van der Waals surface area contributed by atoms with Gasteiger partial charge < -0.3 is 15.0 Å². The Bertz CT molecular complexity index is 640. The molecule has 0 aliphatic heterocycles. The number of hydrogen-bond acceptors (Lipinski definition) is 4. The van der Waals surface area contributed by atoms with Crippen LogP contribution >= 0.6 is 0 Å². The smallest absolute Gasteiger partial charge is 0.318 e. The Morgan fingerprint density at radius 2 is 2.27 bits per heavy atom. The average molecular weight is 303 g/mol. The highest BCUT2D eigenvalue weighted by Crippen LogP contribution is 2.14. The van der Waals surface area contributed by atoms with Gasteiger partial charge >= 0.3 is 6.03 Å². The van der Waals surface area contributed by atoms with E-state index in [0.29, 0.717) is 12.4 Å². The van der Waals surface area contributed by atoms with Gasteiger partial charge in [0.25, 0.3) is 0 Å². The number of H-pyrrole nitrogens is 1. The van der Waals surface area contributed by atoms with Gasteiger partial charge in [0.15, 0.2) is 5.82 Å². The Balaban J connectivity index is 1.94. The molecule has 0 spiro atoms. The monoisotopic (exact) mass is 303 g/mol. The molecular formula is C15H21N5O2. The first-order valence-electron chi connectivity index (χ1n) is 7.03. The van der Waals surface area contributed by atoms with Crippen molar-refractivity contribution < 1.29 is 9.53 Å². The molecule has 0 aliphatic rings. The van der Waals surface area contributed by atoms with Crippen LogP contribution in [0.15, 0.2) is 24.3 Å². The van der Waals surface area contributed by atoms with Crippen LogP contribution in [0.5, 0.6) is 5.75 Å². The summed E-state index contributed by atoms with van der Waals surface area (Å²) in [6.07, 6.45) is 0. The van der Waals surface area contributed by atoms with Crippen LogP contribution < -0.4 is 10.1 Å². The minimum Gasteiger partial charge on any atom is -0.497 e. The molecule has 0 saturated carbocycles. The van der Waals surface area contributed by atoms with Crippen molar-refractivity contribution in [1.82, 2.24) is 25.4 Å². The van der Waals surface area contributed by atoms with E-state index in [4.69, 9.17) is 4.74 Å². The summed E-state index contributed by atoms with van der Waals surface area (Å²) in [5, 5.41) is 9.68. The number of amides is 2. The summed E-state index contributed by atoms with van der Waals surface area (Å²) in [6, 6.07) is 7.19. The van der Waals surface area contributed by atoms with Crippen LogP contribution in [0.2, 0.25) is 0 Å². The van der Waals surface area contributed by atoms with E-state index in [0.717, 1.165) is 17.1 Å². The average Bonchev–Trinajstić information content (AvgIpc) is 2.94. The lowest BCUT2D eigenvalue weighted by Crippen LogP contribution is -2.38. The van der Waals surface area contributed by atoms with E-state index in [2.05, 4.69) is 20.5 Å². The van der Waals surface area contributed by atoms with Crippen LogP contribution in [-0.2, 0) is 6.54 Å². The van der Waals surface area contributed by atoms with E-state index in [-0.39, 0.29) is 12.1 Å². The summed E-state index contributed by atoms with van der Waals surface area (Å²) in [6.45, 7) is 4.16. The molecular weight excluding hydrogens is 282 g/mol. The molecule has 2 rings (SSSR count). The van der Waals surface area contributed by atoms with Gasteiger partial charge in [0.05, 0.1) is 13.2 Å². The van der Waals surface area contributed by atoms with Crippen molar-refractivity contribution in [3.63, 3.8) is 0 Å². The summed E-state index contributed by atoms with van der Waals surface area (Å²) < 4.78 is 5.18. The minimum absolute atomic E-state index is 0.183. The lowest BCUT2D eigenvalue weighted by molar-refractivity contribution is 0.203. The minimum atomic E-state index is -0.259. The van der Waals surface area contributed by atoms with E-state index in [1.807, 2.05) is 38.1 Å². The second-order valence-electron chi connectivity index (χ2n) is 5.16. The molecule has 1 heterocycles. The van der Waals surface area contributed by atoms with Gasteiger partial charge in [-0.1, -0.05) is 12.1 Å². The normalized spacial score (nSPS) is 11.8. The van der Waals surface area contributed by atoms with E-state index in [1.165, 1.54) is 0 Å². The number of carbonyl (C=O) groups excluding carboxylic acids is 1. The number of aromatic nitrogens is 3. The highest BCUT2D eigenvalue weighted by atomic mass is 16.5. The van der Waals surface area contributed by atoms with Gasteiger partial charge in [-0.3, -0.25) is 5.10 Å². The molecule has 0 aliphatic carbocycles. The van der Waals surface area contributed by atoms with Gasteiger partial charge in [-0.2, -0.15) is 5.10 Å². The molecule has 7 nitrogen and oxygen atoms in total. The standard InChI is InChI=1S/C15H21N5O2/c1-10(14-17-11(2)18-19-14)16-15(21)20(3)9-12-6-5-7-13(8-12)22-4/h5-8,10H,9H2,1-4H3,(H,16,21)(H,17,18,19). The van der Waals surface area contributed by atoms with Crippen LogP contribution in [0.3, 0.4) is 0 Å². The van der Waals surface area contributed by atoms with Crippen LogP contribution in [-0.4, -0.2) is 40.3 Å². The van der Waals surface area contributed by atoms with Crippen molar-refractivity contribution >= 4 is 6.03 Å². The predicted molar refractivity (Wildman–Crippen MR) is 82.5 cm³/mol. The number of hydrogen-bond donors (Lipinski definition) is 2. The highest BCUT2D eigenvalue weighted by molar-refractivity contribution is 5.74. The number of aromatic amines is 1. The van der Waals surface area contributed by atoms with Crippen molar-refractivity contribution in [3.05, 3.63) is 41.5 Å². The Labute approximate surface area is 129 Å². The van der Waals surface area contributed by atoms with Crippen molar-refractivity contribution in [2.75, 3.05) is 14.2 Å². The number of ether oxygens (including phenoxy) is 1. The van der Waals surface area contributed by atoms with Crippen LogP contribution in [0.4, 0.5) is 4.79 Å². The predicted octanol–water partition coefficient (Wildman–Crippen LogP) is 2.02. The van der Waals surface area contributed by atoms with Crippen molar-refractivity contribution in [3.8, 4) is 5.75 Å². The van der Waals surface area contributed by atoms with E-state index in [9.17, 15) is 4.79 Å². The fourth-order valence-electron chi connectivity index (χ4n) is 2.03. The van der Waals surface area contributed by atoms with Gasteiger partial charge in [-0.05, 0) is 31.5 Å². The Kier molecular flexibility index (Phi) is 4.98. The summed E-state index contributed by atoms with van der Waals surface area (Å²) in [5.41, 5.74) is 0.999. The molecule has 0 fully saturated rings. The number of nitrogens with one attached hydrogen (secondary N) is 2. The summed E-state index contributed by atoms with van der Waals surface area (Å²) in [7, 11) is 3.36. The number of methoxy groups -OCH3 is 1. The summed E-state index contributed by atoms with van der Waals surface area (Å²) in [5.74, 6) is 2.07. The first-order chi connectivity index (χ1) is 10.5. The molecule has 0 radical (unpaired) electrons. The summed E-state index contributed by atoms with van der Waals surface area (Å²) >= 11 is 0. The molecule has 1 atom stereocenters. The first kappa shape index (κ1) is 15.8. The third kappa shape index (κ3) is 3.97. The fraction of sp³-hybridized carbons (Fsp3) is 0.400. The second-order valence-corrected chi connectivity index (χ2v) is 5.16. The molecule has 1 aromatic heterocycles. The van der Waals surface area contributed by atoms with Crippen molar-refractivity contribution in [2.24, 2.45) is 0 Å². The molecule has 0 bridgehead atoms. The Morgan fingerprint density at radius 3 is 2.91 bits per heavy atom. The largest absolute Gasteiger partial charge is 0.497 e. The van der Waals surface area contributed by atoms with Crippen molar-refractivity contribution in [1.29, 1.82) is 0 Å². The number of urea groups is 1. The van der Waals surface area contributed by atoms with Gasteiger partial charge in [-0.15, -0.1) is 0 Å². The Morgan fingerprint density at radius 1 is 1.50 bits per heavy atom. The topological polar surface area (TPSA) is 83.1 Å². The molecule has 2 N–H and O–H groups in total. The van der Waals surface area contributed by atoms with E-state index in [1.54, 1.807) is 19.1 Å². The third-order valence-corrected chi connectivity index (χ3v) is 3.24. The number of carbonyl (C=O) groups is 1. The molecule has 22 heavy (non-hydrogen) atoms. The van der Waals surface area contributed by atoms with E-state index >= 15 is 0 Å². The quantitative estimate of drug-likeness (QED) is 0.885. The first-order valence-corrected chi connectivity index (χ1v) is 7.03. The lowest BCUT2D eigenvalue weighted by Gasteiger charge is -2.20. The van der Waals surface area contributed by atoms with Gasteiger partial charge in [-0.25, -0.2) is 9.78 Å². The number of aryl methyl sites for hydroxylation is 1. The molecule has 0 saturated heterocycles.